The number of nitrogens with two attached hydrogens (primary N) is 1. The van der Waals surface area contributed by atoms with Gasteiger partial charge < -0.3 is 15.8 Å². The molecule has 1 saturated heterocycles. The van der Waals surface area contributed by atoms with Gasteiger partial charge in [-0.15, -0.1) is 0 Å². The van der Waals surface area contributed by atoms with Gasteiger partial charge in [-0.25, -0.2) is 0 Å². The van der Waals surface area contributed by atoms with Gasteiger partial charge in [-0.2, -0.15) is 0 Å². The predicted molar refractivity (Wildman–Crippen MR) is 71.9 cm³/mol. The largest absolute Gasteiger partial charge is 0.399 e. The zero-order valence-corrected chi connectivity index (χ0v) is 10.5. The van der Waals surface area contributed by atoms with E-state index in [2.05, 4.69) is 5.32 Å². The summed E-state index contributed by atoms with van der Waals surface area (Å²) in [6.07, 6.45) is 4.16. The SMILES string of the molecule is CC1(NC(=O)/C=C/c2ccc(N)cc2)CCOC1. The summed E-state index contributed by atoms with van der Waals surface area (Å²) in [5.41, 5.74) is 7.02. The Labute approximate surface area is 107 Å². The first-order valence-corrected chi connectivity index (χ1v) is 6.01. The molecule has 1 atom stereocenters. The van der Waals surface area contributed by atoms with Crippen molar-refractivity contribution in [3.05, 3.63) is 35.9 Å². The zero-order chi connectivity index (χ0) is 13.0. The highest BCUT2D eigenvalue weighted by molar-refractivity contribution is 5.92. The first kappa shape index (κ1) is 12.6. The van der Waals surface area contributed by atoms with Crippen LogP contribution in [0.2, 0.25) is 0 Å². The second-order valence-electron chi connectivity index (χ2n) is 4.85. The average molecular weight is 246 g/mol. The van der Waals surface area contributed by atoms with E-state index in [-0.39, 0.29) is 11.4 Å². The van der Waals surface area contributed by atoms with E-state index >= 15 is 0 Å². The highest BCUT2D eigenvalue weighted by Crippen LogP contribution is 2.17. The fourth-order valence-electron chi connectivity index (χ4n) is 1.88. The van der Waals surface area contributed by atoms with E-state index in [1.54, 1.807) is 6.08 Å². The van der Waals surface area contributed by atoms with Gasteiger partial charge in [0.05, 0.1) is 12.1 Å². The summed E-state index contributed by atoms with van der Waals surface area (Å²) < 4.78 is 5.28. The summed E-state index contributed by atoms with van der Waals surface area (Å²) in [4.78, 5) is 11.8. The number of hydrogen-bond acceptors (Lipinski definition) is 3. The van der Waals surface area contributed by atoms with Crippen molar-refractivity contribution in [1.82, 2.24) is 5.32 Å². The first-order chi connectivity index (χ1) is 8.57. The molecule has 1 aromatic rings. The Morgan fingerprint density at radius 1 is 1.44 bits per heavy atom. The maximum Gasteiger partial charge on any atom is 0.244 e. The van der Waals surface area contributed by atoms with Gasteiger partial charge in [-0.1, -0.05) is 12.1 Å². The van der Waals surface area contributed by atoms with Gasteiger partial charge >= 0.3 is 0 Å². The molecule has 96 valence electrons. The lowest BCUT2D eigenvalue weighted by Crippen LogP contribution is -2.45. The van der Waals surface area contributed by atoms with Gasteiger partial charge in [-0.05, 0) is 37.1 Å². The van der Waals surface area contributed by atoms with E-state index in [0.717, 1.165) is 12.0 Å². The molecule has 0 radical (unpaired) electrons. The monoisotopic (exact) mass is 246 g/mol. The second kappa shape index (κ2) is 5.23. The molecule has 1 aliphatic rings. The van der Waals surface area contributed by atoms with Crippen molar-refractivity contribution in [2.24, 2.45) is 0 Å². The van der Waals surface area contributed by atoms with Crippen LogP contribution >= 0.6 is 0 Å². The van der Waals surface area contributed by atoms with Crippen molar-refractivity contribution in [2.75, 3.05) is 18.9 Å². The topological polar surface area (TPSA) is 64.4 Å². The average Bonchev–Trinajstić information content (AvgIpc) is 2.75. The minimum absolute atomic E-state index is 0.0974. The lowest BCUT2D eigenvalue weighted by atomic mass is 10.0. The van der Waals surface area contributed by atoms with Crippen LogP contribution in [-0.4, -0.2) is 24.7 Å². The molecule has 4 heteroatoms. The Morgan fingerprint density at radius 2 is 2.17 bits per heavy atom. The van der Waals surface area contributed by atoms with Crippen LogP contribution in [0.25, 0.3) is 6.08 Å². The second-order valence-corrected chi connectivity index (χ2v) is 4.85. The van der Waals surface area contributed by atoms with Crippen molar-refractivity contribution in [2.45, 2.75) is 18.9 Å². The predicted octanol–water partition coefficient (Wildman–Crippen LogP) is 1.58. The van der Waals surface area contributed by atoms with E-state index in [9.17, 15) is 4.79 Å². The number of carbonyl (C=O) groups excluding carboxylic acids is 1. The molecule has 1 fully saturated rings. The smallest absolute Gasteiger partial charge is 0.244 e. The Morgan fingerprint density at radius 3 is 2.78 bits per heavy atom. The van der Waals surface area contributed by atoms with Gasteiger partial charge in [0.25, 0.3) is 0 Å². The molecule has 1 aromatic carbocycles. The zero-order valence-electron chi connectivity index (χ0n) is 10.5. The molecule has 0 spiro atoms. The molecule has 0 bridgehead atoms. The number of hydrogen-bond donors (Lipinski definition) is 2. The lowest BCUT2D eigenvalue weighted by molar-refractivity contribution is -0.118. The summed E-state index contributed by atoms with van der Waals surface area (Å²) >= 11 is 0. The number of nitrogen functional groups attached to an aromatic ring is 1. The quantitative estimate of drug-likeness (QED) is 0.628. The van der Waals surface area contributed by atoms with Crippen LogP contribution in [0.5, 0.6) is 0 Å². The fraction of sp³-hybridized carbons (Fsp3) is 0.357. The van der Waals surface area contributed by atoms with E-state index in [0.29, 0.717) is 18.9 Å². The summed E-state index contributed by atoms with van der Waals surface area (Å²) in [5, 5.41) is 2.96. The number of nitrogens with one attached hydrogen (secondary N) is 1. The maximum absolute atomic E-state index is 11.8. The van der Waals surface area contributed by atoms with E-state index in [1.807, 2.05) is 31.2 Å². The van der Waals surface area contributed by atoms with Crippen molar-refractivity contribution in [3.63, 3.8) is 0 Å². The third kappa shape index (κ3) is 3.34. The molecule has 0 aromatic heterocycles. The van der Waals surface area contributed by atoms with Gasteiger partial charge in [0.15, 0.2) is 0 Å². The molecule has 0 aliphatic carbocycles. The third-order valence-corrected chi connectivity index (χ3v) is 3.01. The number of benzene rings is 1. The molecular formula is C14H18N2O2. The Bertz CT molecular complexity index is 445. The number of ether oxygens (including phenoxy) is 1. The maximum atomic E-state index is 11.8. The van der Waals surface area contributed by atoms with Crippen LogP contribution in [0, 0.1) is 0 Å². The van der Waals surface area contributed by atoms with Gasteiger partial charge in [0.2, 0.25) is 5.91 Å². The van der Waals surface area contributed by atoms with Crippen molar-refractivity contribution in [1.29, 1.82) is 0 Å². The summed E-state index contributed by atoms with van der Waals surface area (Å²) in [5.74, 6) is -0.0974. The number of rotatable bonds is 3. The number of amides is 1. The lowest BCUT2D eigenvalue weighted by Gasteiger charge is -2.22. The molecule has 1 amide bonds. The third-order valence-electron chi connectivity index (χ3n) is 3.01. The normalized spacial score (nSPS) is 23.4. The van der Waals surface area contributed by atoms with Crippen LogP contribution in [0.1, 0.15) is 18.9 Å². The van der Waals surface area contributed by atoms with Gasteiger partial charge in [-0.3, -0.25) is 4.79 Å². The minimum atomic E-state index is -0.234. The summed E-state index contributed by atoms with van der Waals surface area (Å²) in [6.45, 7) is 3.28. The highest BCUT2D eigenvalue weighted by atomic mass is 16.5. The van der Waals surface area contributed by atoms with Crippen molar-refractivity contribution in [3.8, 4) is 0 Å². The Kier molecular flexibility index (Phi) is 3.67. The first-order valence-electron chi connectivity index (χ1n) is 6.01. The molecule has 2 rings (SSSR count). The van der Waals surface area contributed by atoms with Crippen LogP contribution in [-0.2, 0) is 9.53 Å². The molecule has 4 nitrogen and oxygen atoms in total. The molecule has 1 unspecified atom stereocenters. The van der Waals surface area contributed by atoms with Gasteiger partial charge in [0, 0.05) is 18.4 Å². The van der Waals surface area contributed by atoms with Crippen LogP contribution in [0.3, 0.4) is 0 Å². The molecule has 18 heavy (non-hydrogen) atoms. The van der Waals surface area contributed by atoms with Crippen LogP contribution in [0.4, 0.5) is 5.69 Å². The highest BCUT2D eigenvalue weighted by Gasteiger charge is 2.30. The summed E-state index contributed by atoms with van der Waals surface area (Å²) in [7, 11) is 0. The van der Waals surface area contributed by atoms with Crippen LogP contribution in [0.15, 0.2) is 30.3 Å². The van der Waals surface area contributed by atoms with E-state index in [1.165, 1.54) is 6.08 Å². The van der Waals surface area contributed by atoms with Crippen molar-refractivity contribution < 1.29 is 9.53 Å². The van der Waals surface area contributed by atoms with Gasteiger partial charge in [0.1, 0.15) is 0 Å². The Balaban J connectivity index is 1.92. The van der Waals surface area contributed by atoms with E-state index in [4.69, 9.17) is 10.5 Å². The number of carbonyl (C=O) groups is 1. The molecule has 0 saturated carbocycles. The van der Waals surface area contributed by atoms with Crippen molar-refractivity contribution >= 4 is 17.7 Å². The minimum Gasteiger partial charge on any atom is -0.399 e. The summed E-state index contributed by atoms with van der Waals surface area (Å²) in [6, 6.07) is 7.37. The van der Waals surface area contributed by atoms with E-state index < -0.39 is 0 Å². The molecule has 1 heterocycles. The Hall–Kier alpha value is -1.81. The van der Waals surface area contributed by atoms with Crippen LogP contribution < -0.4 is 11.1 Å². The standard InChI is InChI=1S/C14H18N2O2/c1-14(8-9-18-10-14)16-13(17)7-4-11-2-5-12(15)6-3-11/h2-7H,8-10,15H2,1H3,(H,16,17)/b7-4+. The molecule has 1 aliphatic heterocycles. The molecular weight excluding hydrogens is 228 g/mol. The molecule has 3 N–H and O–H groups in total. The fourth-order valence-corrected chi connectivity index (χ4v) is 1.88. The number of anilines is 1.